The summed E-state index contributed by atoms with van der Waals surface area (Å²) in [7, 11) is 1.54. The number of hydrogen-bond acceptors (Lipinski definition) is 19. The van der Waals surface area contributed by atoms with Gasteiger partial charge in [-0.3, -0.25) is 28.8 Å². The van der Waals surface area contributed by atoms with E-state index in [-0.39, 0.29) is 110 Å². The molecule has 25 heteroatoms. The summed E-state index contributed by atoms with van der Waals surface area (Å²) < 4.78 is 39.9. The number of carbonyl (C=O) groups is 7. The molecule has 3 aromatic rings. The number of halogens is 2. The van der Waals surface area contributed by atoms with Gasteiger partial charge in [0, 0.05) is 126 Å². The highest BCUT2D eigenvalue weighted by atomic mass is 35.5. The highest BCUT2D eigenvalue weighted by Gasteiger charge is 2.56. The predicted molar refractivity (Wildman–Crippen MR) is 375 cm³/mol. The molecule has 100 heavy (non-hydrogen) atoms. The first-order chi connectivity index (χ1) is 47.8. The number of cyclic esters (lactones) is 1. The van der Waals surface area contributed by atoms with Gasteiger partial charge in [-0.1, -0.05) is 75.7 Å². The van der Waals surface area contributed by atoms with E-state index in [2.05, 4.69) is 11.9 Å². The van der Waals surface area contributed by atoms with E-state index in [9.17, 15) is 54.0 Å². The molecule has 10 rings (SSSR count). The Morgan fingerprint density at radius 1 is 0.860 bits per heavy atom. The van der Waals surface area contributed by atoms with Crippen molar-refractivity contribution >= 4 is 81.5 Å². The van der Waals surface area contributed by atoms with Crippen LogP contribution in [0.4, 0.5) is 16.2 Å². The van der Waals surface area contributed by atoms with Crippen molar-refractivity contribution in [1.82, 2.24) is 29.6 Å². The average molecular weight is 1410 g/mol. The number of nitrogens with zero attached hydrogens (tertiary/aromatic N) is 7. The lowest BCUT2D eigenvalue weighted by atomic mass is 9.79. The number of nitrogens with one attached hydrogen (secondary N) is 1. The van der Waals surface area contributed by atoms with E-state index in [0.717, 1.165) is 10.5 Å². The Hall–Kier alpha value is -7.19. The van der Waals surface area contributed by atoms with Gasteiger partial charge in [0.15, 0.2) is 0 Å². The first-order valence-electron chi connectivity index (χ1n) is 35.8. The van der Waals surface area contributed by atoms with Crippen LogP contribution in [0, 0.1) is 41.3 Å². The fraction of sp³-hybridized carbons (Fsp3) is 0.613. The summed E-state index contributed by atoms with van der Waals surface area (Å²) in [4.78, 5) is 117. The molecule has 0 radical (unpaired) electrons. The van der Waals surface area contributed by atoms with Gasteiger partial charge in [0.05, 0.1) is 46.6 Å². The SMILES string of the molecule is C=CC(=O)N1CCN(c2nc(NCCC(=O)N3CCN(C(=O)CCC[C@@H]4/C=C(\C)C[C@H](C)C[C@H](C)[C@H]5O[C@@](O)(C(=O)C(=O)N6CCCC[C@H]6C(=O)O[C@H](/C(C)=C/[C@@H]6CC[C@@H](O)[C@H](OC)C6)[C@H](C)[C@@H](O)CC4=O)[C@H](C)C[C@@H]5O)CC3)nc3c4c(c(Cl)cc23)-c2c(F)cccc2OC/C=C/4)CC1. The summed E-state index contributed by atoms with van der Waals surface area (Å²) in [5.41, 5.74) is 3.13. The third-order valence-corrected chi connectivity index (χ3v) is 21.9. The third kappa shape index (κ3) is 17.1. The van der Waals surface area contributed by atoms with Crippen LogP contribution in [0.25, 0.3) is 28.1 Å². The Bertz CT molecular complexity index is 3630. The number of esters is 1. The van der Waals surface area contributed by atoms with E-state index in [1.54, 1.807) is 53.7 Å². The lowest BCUT2D eigenvalue weighted by molar-refractivity contribution is -0.292. The van der Waals surface area contributed by atoms with Gasteiger partial charge in [-0.15, -0.1) is 0 Å². The van der Waals surface area contributed by atoms with E-state index in [1.807, 2.05) is 50.0 Å². The minimum absolute atomic E-state index is 0.0236. The molecule has 0 spiro atoms. The number of Topliss-reactive ketones (excluding diaryl/α,β-unsaturated/α-hetero) is 2. The van der Waals surface area contributed by atoms with Crippen molar-refractivity contribution in [3.63, 3.8) is 0 Å². The number of rotatable bonds is 13. The Balaban J connectivity index is 0.817. The molecule has 7 heterocycles. The van der Waals surface area contributed by atoms with Gasteiger partial charge in [-0.05, 0) is 138 Å². The number of ether oxygens (including phenoxy) is 4. The maximum absolute atomic E-state index is 15.8. The molecule has 1 aromatic heterocycles. The standard InChI is InChI=1S/C75H100ClFN8O15/c1-9-62(90)81-30-32-84(33-31-81)71-52-41-53(76)65-51(16-14-34-98-60-19-13-17-54(77)66(60)65)67(52)79-74(80-71)78-24-23-64(92)83-28-26-82(27-29-83)63(91)20-12-15-50-37-44(3)35-43(2)36-45(4)69-59(89)39-47(6)75(96,100-69)70(93)72(94)85-25-11-10-18-55(85)73(95)99-68(48(7)57(87)42-58(50)88)46(5)38-49-21-22-56(86)61(40-49)97-8/h9,13-14,16-17,19,37-38,41,43,45,47-50,55-57,59,61,68-69,86-87,89,96H,1,10-12,15,18,20-36,39-40,42H2,2-8H3,(H,78,79,80)/b16-14+,44-37+,46-38+/t43-,45-,47+,48+,49-,50+,55-,56+,57-,59-,61+,68+,69+,75+/m0/s1. The molecule has 4 saturated heterocycles. The number of hydrogen-bond donors (Lipinski definition) is 5. The second kappa shape index (κ2) is 33.3. The molecule has 0 unspecified atom stereocenters. The van der Waals surface area contributed by atoms with Gasteiger partial charge in [0.25, 0.3) is 11.7 Å². The number of carbonyl (C=O) groups excluding carboxylic acids is 7. The van der Waals surface area contributed by atoms with E-state index < -0.39 is 95.6 Å². The fourth-order valence-corrected chi connectivity index (χ4v) is 16.3. The molecule has 1 aliphatic carbocycles. The van der Waals surface area contributed by atoms with Crippen molar-refractivity contribution in [2.45, 2.75) is 180 Å². The summed E-state index contributed by atoms with van der Waals surface area (Å²) in [5, 5.41) is 50.6. The number of amides is 4. The lowest BCUT2D eigenvalue weighted by Gasteiger charge is -2.46. The highest BCUT2D eigenvalue weighted by molar-refractivity contribution is 6.39. The smallest absolute Gasteiger partial charge is 0.329 e. The monoisotopic (exact) mass is 1410 g/mol. The Morgan fingerprint density at radius 2 is 1.57 bits per heavy atom. The molecule has 5 fully saturated rings. The minimum Gasteiger partial charge on any atom is -0.489 e. The summed E-state index contributed by atoms with van der Waals surface area (Å²) >= 11 is 7.07. The zero-order valence-electron chi connectivity index (χ0n) is 58.8. The van der Waals surface area contributed by atoms with Crippen LogP contribution in [-0.2, 0) is 47.8 Å². The molecule has 6 aliphatic heterocycles. The van der Waals surface area contributed by atoms with Crippen molar-refractivity contribution in [2.24, 2.45) is 35.5 Å². The number of ketones is 2. The number of methoxy groups -OCH3 is 1. The molecule has 544 valence electrons. The number of aliphatic hydroxyl groups excluding tert-OH is 3. The second-order valence-electron chi connectivity index (χ2n) is 28.8. The number of fused-ring (bicyclic) bond motifs is 8. The topological polar surface area (TPSA) is 291 Å². The normalized spacial score (nSPS) is 31.0. The Morgan fingerprint density at radius 3 is 2.28 bits per heavy atom. The van der Waals surface area contributed by atoms with Crippen LogP contribution < -0.4 is 15.0 Å². The van der Waals surface area contributed by atoms with E-state index >= 15 is 4.39 Å². The third-order valence-electron chi connectivity index (χ3n) is 21.6. The number of aromatic nitrogens is 2. The lowest BCUT2D eigenvalue weighted by Crippen LogP contribution is -2.63. The zero-order chi connectivity index (χ0) is 71.9. The Labute approximate surface area is 590 Å². The molecular weight excluding hydrogens is 1310 g/mol. The summed E-state index contributed by atoms with van der Waals surface area (Å²) in [5.74, 6) is -9.03. The molecule has 2 bridgehead atoms. The molecule has 14 atom stereocenters. The molecule has 7 aliphatic rings. The highest BCUT2D eigenvalue weighted by Crippen LogP contribution is 2.46. The molecule has 4 amide bonds. The van der Waals surface area contributed by atoms with Crippen LogP contribution in [0.5, 0.6) is 5.75 Å². The number of anilines is 2. The number of aliphatic hydroxyl groups is 4. The molecule has 5 N–H and O–H groups in total. The zero-order valence-corrected chi connectivity index (χ0v) is 59.5. The molecule has 1 saturated carbocycles. The van der Waals surface area contributed by atoms with Crippen molar-refractivity contribution in [2.75, 3.05) is 89.4 Å². The van der Waals surface area contributed by atoms with Gasteiger partial charge in [-0.25, -0.2) is 14.2 Å². The van der Waals surface area contributed by atoms with Crippen LogP contribution >= 0.6 is 11.6 Å². The maximum atomic E-state index is 15.8. The molecule has 2 aromatic carbocycles. The first kappa shape index (κ1) is 75.5. The number of piperidine rings is 1. The molecule has 23 nitrogen and oxygen atoms in total. The molecular formula is C75H100ClFN8O15. The predicted octanol–water partition coefficient (Wildman–Crippen LogP) is 8.02. The summed E-state index contributed by atoms with van der Waals surface area (Å²) in [6, 6.07) is 5.11. The van der Waals surface area contributed by atoms with Gasteiger partial charge >= 0.3 is 5.97 Å². The van der Waals surface area contributed by atoms with Gasteiger partial charge in [-0.2, -0.15) is 4.98 Å². The second-order valence-corrected chi connectivity index (χ2v) is 29.2. The van der Waals surface area contributed by atoms with Crippen molar-refractivity contribution in [3.8, 4) is 16.9 Å². The average Bonchev–Trinajstić information content (AvgIpc) is 0.748. The van der Waals surface area contributed by atoms with Crippen LogP contribution in [0.15, 0.2) is 66.3 Å². The van der Waals surface area contributed by atoms with Crippen LogP contribution in [0.3, 0.4) is 0 Å². The van der Waals surface area contributed by atoms with Crippen LogP contribution in [-0.4, -0.2) is 219 Å². The quantitative estimate of drug-likeness (QED) is 0.0468. The minimum atomic E-state index is -2.60. The summed E-state index contributed by atoms with van der Waals surface area (Å²) in [6.07, 6.45) is 7.25. The maximum Gasteiger partial charge on any atom is 0.329 e. The Kier molecular flexibility index (Phi) is 25.1. The van der Waals surface area contributed by atoms with E-state index in [4.69, 9.17) is 40.5 Å². The van der Waals surface area contributed by atoms with Crippen molar-refractivity contribution in [1.29, 1.82) is 0 Å². The van der Waals surface area contributed by atoms with E-state index in [1.165, 1.54) is 19.3 Å². The van der Waals surface area contributed by atoms with Crippen LogP contribution in [0.2, 0.25) is 5.02 Å². The van der Waals surface area contributed by atoms with Crippen molar-refractivity contribution < 1.29 is 77.3 Å². The van der Waals surface area contributed by atoms with Gasteiger partial charge < -0.3 is 69.2 Å². The number of allylic oxidation sites excluding steroid dienone is 3. The van der Waals surface area contributed by atoms with E-state index in [0.29, 0.717) is 143 Å². The first-order valence-corrected chi connectivity index (χ1v) is 36.2. The van der Waals surface area contributed by atoms with Gasteiger partial charge in [0.1, 0.15) is 41.9 Å². The number of benzene rings is 2. The summed E-state index contributed by atoms with van der Waals surface area (Å²) in [6.45, 7) is 17.7. The van der Waals surface area contributed by atoms with Crippen molar-refractivity contribution in [3.05, 3.63) is 82.7 Å². The fourth-order valence-electron chi connectivity index (χ4n) is 16.0. The van der Waals surface area contributed by atoms with Crippen LogP contribution in [0.1, 0.15) is 137 Å². The largest absolute Gasteiger partial charge is 0.489 e. The number of piperazine rings is 2. The van der Waals surface area contributed by atoms with Gasteiger partial charge in [0.2, 0.25) is 29.5 Å².